The van der Waals surface area contributed by atoms with E-state index in [0.717, 1.165) is 4.90 Å². The van der Waals surface area contributed by atoms with Crippen LogP contribution in [0.3, 0.4) is 0 Å². The Kier molecular flexibility index (Phi) is 4.73. The molecular weight excluding hydrogens is 387 g/mol. The molecule has 0 saturated heterocycles. The summed E-state index contributed by atoms with van der Waals surface area (Å²) in [5.74, 6) is -1.60. The van der Waals surface area contributed by atoms with Crippen LogP contribution in [0, 0.1) is 0 Å². The molecule has 2 aromatic carbocycles. The Morgan fingerprint density at radius 3 is 2.04 bits per heavy atom. The average molecular weight is 398 g/mol. The molecule has 25 heavy (non-hydrogen) atoms. The second-order valence-electron chi connectivity index (χ2n) is 5.44. The van der Waals surface area contributed by atoms with E-state index in [4.69, 9.17) is 34.8 Å². The summed E-state index contributed by atoms with van der Waals surface area (Å²) in [5, 5.41) is 3.22. The van der Waals surface area contributed by atoms with Gasteiger partial charge in [0.2, 0.25) is 5.91 Å². The fraction of sp³-hybridized carbons (Fsp3) is 0.118. The zero-order chi connectivity index (χ0) is 18.3. The van der Waals surface area contributed by atoms with Crippen LogP contribution in [-0.2, 0) is 4.79 Å². The van der Waals surface area contributed by atoms with E-state index in [1.807, 2.05) is 0 Å². The van der Waals surface area contributed by atoms with Crippen LogP contribution < -0.4 is 5.32 Å². The van der Waals surface area contributed by atoms with Crippen molar-refractivity contribution in [2.75, 3.05) is 5.32 Å². The summed E-state index contributed by atoms with van der Waals surface area (Å²) in [4.78, 5) is 38.3. The van der Waals surface area contributed by atoms with Crippen molar-refractivity contribution in [3.8, 4) is 0 Å². The van der Waals surface area contributed by atoms with Crippen molar-refractivity contribution in [1.29, 1.82) is 0 Å². The van der Waals surface area contributed by atoms with E-state index in [1.165, 1.54) is 19.1 Å². The SMILES string of the molecule is CC(C(=O)Nc1cc(Cl)c(Cl)cc1Cl)N1C(=O)c2ccccc2C1=O. The van der Waals surface area contributed by atoms with Crippen molar-refractivity contribution >= 4 is 58.2 Å². The number of hydrogen-bond donors (Lipinski definition) is 1. The molecular formula is C17H11Cl3N2O3. The molecule has 0 fully saturated rings. The molecule has 1 heterocycles. The van der Waals surface area contributed by atoms with Crippen molar-refractivity contribution < 1.29 is 14.4 Å². The van der Waals surface area contributed by atoms with Crippen LogP contribution in [0.5, 0.6) is 0 Å². The fourth-order valence-electron chi connectivity index (χ4n) is 2.53. The highest BCUT2D eigenvalue weighted by molar-refractivity contribution is 6.44. The summed E-state index contributed by atoms with van der Waals surface area (Å²) in [6, 6.07) is 8.19. The predicted octanol–water partition coefficient (Wildman–Crippen LogP) is 4.27. The molecule has 0 saturated carbocycles. The van der Waals surface area contributed by atoms with Crippen molar-refractivity contribution in [2.45, 2.75) is 13.0 Å². The van der Waals surface area contributed by atoms with E-state index in [-0.39, 0.29) is 31.9 Å². The van der Waals surface area contributed by atoms with Crippen LogP contribution in [0.15, 0.2) is 36.4 Å². The third-order valence-electron chi connectivity index (χ3n) is 3.86. The molecule has 0 spiro atoms. The van der Waals surface area contributed by atoms with Gasteiger partial charge in [-0.05, 0) is 31.2 Å². The van der Waals surface area contributed by atoms with E-state index in [9.17, 15) is 14.4 Å². The van der Waals surface area contributed by atoms with Crippen molar-refractivity contribution in [2.24, 2.45) is 0 Å². The van der Waals surface area contributed by atoms with E-state index in [1.54, 1.807) is 24.3 Å². The molecule has 1 aliphatic rings. The van der Waals surface area contributed by atoms with Crippen molar-refractivity contribution in [3.63, 3.8) is 0 Å². The standard InChI is InChI=1S/C17H11Cl3N2O3/c1-8(15(23)21-14-7-12(19)11(18)6-13(14)20)22-16(24)9-4-2-3-5-10(9)17(22)25/h2-8H,1H3,(H,21,23). The van der Waals surface area contributed by atoms with Gasteiger partial charge in [-0.25, -0.2) is 0 Å². The molecule has 5 nitrogen and oxygen atoms in total. The highest BCUT2D eigenvalue weighted by atomic mass is 35.5. The molecule has 1 aliphatic heterocycles. The van der Waals surface area contributed by atoms with Gasteiger partial charge in [0.1, 0.15) is 6.04 Å². The number of carbonyl (C=O) groups is 3. The minimum Gasteiger partial charge on any atom is -0.323 e. The zero-order valence-corrected chi connectivity index (χ0v) is 15.1. The number of carbonyl (C=O) groups excluding carboxylic acids is 3. The summed E-state index contributed by atoms with van der Waals surface area (Å²) in [6.07, 6.45) is 0. The van der Waals surface area contributed by atoms with Crippen molar-refractivity contribution in [3.05, 3.63) is 62.6 Å². The Morgan fingerprint density at radius 2 is 1.48 bits per heavy atom. The fourth-order valence-corrected chi connectivity index (χ4v) is 3.13. The molecule has 1 N–H and O–H groups in total. The maximum absolute atomic E-state index is 12.5. The minimum absolute atomic E-state index is 0.192. The molecule has 1 unspecified atom stereocenters. The van der Waals surface area contributed by atoms with E-state index < -0.39 is 23.8 Å². The summed E-state index contributed by atoms with van der Waals surface area (Å²) in [5.41, 5.74) is 0.795. The van der Waals surface area contributed by atoms with Gasteiger partial charge in [0.05, 0.1) is 31.9 Å². The highest BCUT2D eigenvalue weighted by Gasteiger charge is 2.40. The molecule has 8 heteroatoms. The number of benzene rings is 2. The summed E-state index contributed by atoms with van der Waals surface area (Å²) in [6.45, 7) is 1.46. The van der Waals surface area contributed by atoms with Crippen LogP contribution in [0.4, 0.5) is 5.69 Å². The van der Waals surface area contributed by atoms with Gasteiger partial charge >= 0.3 is 0 Å². The smallest absolute Gasteiger partial charge is 0.262 e. The van der Waals surface area contributed by atoms with E-state index in [0.29, 0.717) is 0 Å². The number of hydrogen-bond acceptors (Lipinski definition) is 3. The number of imide groups is 1. The van der Waals surface area contributed by atoms with Gasteiger partial charge in [-0.3, -0.25) is 19.3 Å². The van der Waals surface area contributed by atoms with Gasteiger partial charge in [0.15, 0.2) is 0 Å². The Bertz CT molecular complexity index is 879. The topological polar surface area (TPSA) is 66.5 Å². The number of halogens is 3. The van der Waals surface area contributed by atoms with Gasteiger partial charge in [0, 0.05) is 0 Å². The van der Waals surface area contributed by atoms with Crippen LogP contribution in [0.1, 0.15) is 27.6 Å². The second kappa shape index (κ2) is 6.67. The third kappa shape index (κ3) is 3.11. The van der Waals surface area contributed by atoms with Crippen LogP contribution in [0.25, 0.3) is 0 Å². The Labute approximate surface area is 158 Å². The molecule has 3 rings (SSSR count). The molecule has 0 radical (unpaired) electrons. The first-order valence-electron chi connectivity index (χ1n) is 7.23. The van der Waals surface area contributed by atoms with E-state index in [2.05, 4.69) is 5.32 Å². The van der Waals surface area contributed by atoms with Crippen molar-refractivity contribution in [1.82, 2.24) is 4.90 Å². The minimum atomic E-state index is -1.03. The van der Waals surface area contributed by atoms with Crippen LogP contribution >= 0.6 is 34.8 Å². The summed E-state index contributed by atoms with van der Waals surface area (Å²) >= 11 is 17.8. The molecule has 0 aromatic heterocycles. The second-order valence-corrected chi connectivity index (χ2v) is 6.66. The first kappa shape index (κ1) is 17.7. The zero-order valence-electron chi connectivity index (χ0n) is 12.8. The predicted molar refractivity (Wildman–Crippen MR) is 96.5 cm³/mol. The summed E-state index contributed by atoms with van der Waals surface area (Å²) < 4.78 is 0. The average Bonchev–Trinajstić information content (AvgIpc) is 2.83. The summed E-state index contributed by atoms with van der Waals surface area (Å²) in [7, 11) is 0. The maximum atomic E-state index is 12.5. The van der Waals surface area contributed by atoms with Gasteiger partial charge < -0.3 is 5.32 Å². The number of amides is 3. The van der Waals surface area contributed by atoms with Gasteiger partial charge in [-0.15, -0.1) is 0 Å². The lowest BCUT2D eigenvalue weighted by atomic mass is 10.1. The normalized spacial score (nSPS) is 14.5. The maximum Gasteiger partial charge on any atom is 0.262 e. The lowest BCUT2D eigenvalue weighted by Crippen LogP contribution is -2.45. The van der Waals surface area contributed by atoms with Gasteiger partial charge in [0.25, 0.3) is 11.8 Å². The number of fused-ring (bicyclic) bond motifs is 1. The molecule has 0 bridgehead atoms. The molecule has 0 aliphatic carbocycles. The lowest BCUT2D eigenvalue weighted by Gasteiger charge is -2.22. The number of nitrogens with one attached hydrogen (secondary N) is 1. The quantitative estimate of drug-likeness (QED) is 0.621. The van der Waals surface area contributed by atoms with E-state index >= 15 is 0 Å². The first-order valence-corrected chi connectivity index (χ1v) is 8.37. The first-order chi connectivity index (χ1) is 11.8. The Hall–Kier alpha value is -2.08. The monoisotopic (exact) mass is 396 g/mol. The van der Waals surface area contributed by atoms with Crippen LogP contribution in [-0.4, -0.2) is 28.7 Å². The number of rotatable bonds is 3. The highest BCUT2D eigenvalue weighted by Crippen LogP contribution is 2.32. The molecule has 1 atom stereocenters. The largest absolute Gasteiger partial charge is 0.323 e. The number of anilines is 1. The third-order valence-corrected chi connectivity index (χ3v) is 4.89. The molecule has 128 valence electrons. The Morgan fingerprint density at radius 1 is 0.960 bits per heavy atom. The van der Waals surface area contributed by atoms with Crippen LogP contribution in [0.2, 0.25) is 15.1 Å². The lowest BCUT2D eigenvalue weighted by molar-refractivity contribution is -0.119. The van der Waals surface area contributed by atoms with Gasteiger partial charge in [-0.1, -0.05) is 46.9 Å². The molecule has 3 amide bonds. The Balaban J connectivity index is 1.84. The molecule has 2 aromatic rings. The van der Waals surface area contributed by atoms with Gasteiger partial charge in [-0.2, -0.15) is 0 Å². The number of nitrogens with zero attached hydrogens (tertiary/aromatic N) is 1.